The number of benzene rings is 2. The van der Waals surface area contributed by atoms with Gasteiger partial charge in [-0.25, -0.2) is 9.78 Å². The van der Waals surface area contributed by atoms with Gasteiger partial charge in [0.25, 0.3) is 5.91 Å². The molecule has 1 amide bonds. The summed E-state index contributed by atoms with van der Waals surface area (Å²) in [6, 6.07) is 12.8. The van der Waals surface area contributed by atoms with Gasteiger partial charge in [0.05, 0.1) is 18.2 Å². The number of likely N-dealkylation sites (N-methyl/N-ethyl adjacent to an activating group) is 1. The maximum absolute atomic E-state index is 12.9. The van der Waals surface area contributed by atoms with E-state index in [1.54, 1.807) is 48.1 Å². The molecule has 0 atom stereocenters. The highest BCUT2D eigenvalue weighted by atomic mass is 16.5. The van der Waals surface area contributed by atoms with E-state index in [0.717, 1.165) is 32.0 Å². The minimum Gasteiger partial charge on any atom is -0.495 e. The molecule has 1 aliphatic rings. The number of nitrogens with two attached hydrogens (primary N) is 1. The van der Waals surface area contributed by atoms with E-state index >= 15 is 0 Å². The van der Waals surface area contributed by atoms with Crippen molar-refractivity contribution >= 4 is 28.6 Å². The van der Waals surface area contributed by atoms with Gasteiger partial charge in [0.2, 0.25) is 0 Å². The number of methoxy groups -OCH3 is 1. The van der Waals surface area contributed by atoms with E-state index in [9.17, 15) is 20.0 Å². The van der Waals surface area contributed by atoms with Crippen LogP contribution in [0.1, 0.15) is 52.7 Å². The van der Waals surface area contributed by atoms with Crippen molar-refractivity contribution in [3.63, 3.8) is 0 Å². The highest BCUT2D eigenvalue weighted by Crippen LogP contribution is 2.47. The molecule has 11 nitrogen and oxygen atoms in total. The summed E-state index contributed by atoms with van der Waals surface area (Å²) in [6.45, 7) is 9.33. The van der Waals surface area contributed by atoms with Gasteiger partial charge in [-0.15, -0.1) is 0 Å². The predicted molar refractivity (Wildman–Crippen MR) is 168 cm³/mol. The Morgan fingerprint density at radius 3 is 2.36 bits per heavy atom. The van der Waals surface area contributed by atoms with Crippen LogP contribution >= 0.6 is 0 Å². The number of piperazine rings is 1. The highest BCUT2D eigenvalue weighted by Gasteiger charge is 2.34. The Balaban J connectivity index is 1.75. The van der Waals surface area contributed by atoms with E-state index in [2.05, 4.69) is 27.9 Å². The average Bonchev–Trinajstić information content (AvgIpc) is 3.28. The number of para-hydroxylation sites is 1. The first-order chi connectivity index (χ1) is 20.9. The van der Waals surface area contributed by atoms with Crippen molar-refractivity contribution in [1.82, 2.24) is 14.5 Å². The van der Waals surface area contributed by atoms with Gasteiger partial charge < -0.3 is 34.7 Å². The maximum Gasteiger partial charge on any atom is 0.353 e. The van der Waals surface area contributed by atoms with Crippen LogP contribution in [0.2, 0.25) is 0 Å². The Labute approximate surface area is 256 Å². The number of primary amides is 1. The predicted octanol–water partition coefficient (Wildman–Crippen LogP) is 4.76. The molecule has 228 valence electrons. The van der Waals surface area contributed by atoms with E-state index < -0.39 is 17.3 Å². The van der Waals surface area contributed by atoms with Gasteiger partial charge in [0, 0.05) is 62.0 Å². The first-order valence-corrected chi connectivity index (χ1v) is 14.2. The first kappa shape index (κ1) is 30.4. The quantitative estimate of drug-likeness (QED) is 0.308. The monoisotopic (exact) mass is 596 g/mol. The zero-order valence-corrected chi connectivity index (χ0v) is 25.8. The number of carboxylic acids is 1. The van der Waals surface area contributed by atoms with E-state index in [1.807, 2.05) is 26.8 Å². The normalized spacial score (nSPS) is 14.0. The number of amides is 1. The molecule has 1 fully saturated rings. The lowest BCUT2D eigenvalue weighted by molar-refractivity contribution is 0.0687. The lowest BCUT2D eigenvalue weighted by Crippen LogP contribution is -2.44. The molecule has 0 bridgehead atoms. The van der Waals surface area contributed by atoms with Gasteiger partial charge in [-0.2, -0.15) is 5.26 Å². The third-order valence-electron chi connectivity index (χ3n) is 8.07. The molecular weight excluding hydrogens is 560 g/mol. The molecule has 5 rings (SSSR count). The summed E-state index contributed by atoms with van der Waals surface area (Å²) >= 11 is 0. The van der Waals surface area contributed by atoms with Crippen LogP contribution in [-0.4, -0.2) is 71.8 Å². The summed E-state index contributed by atoms with van der Waals surface area (Å²) < 4.78 is 13.5. The van der Waals surface area contributed by atoms with E-state index in [0.29, 0.717) is 39.1 Å². The second kappa shape index (κ2) is 11.5. The van der Waals surface area contributed by atoms with Crippen LogP contribution in [0.25, 0.3) is 22.0 Å². The van der Waals surface area contributed by atoms with Crippen molar-refractivity contribution in [2.45, 2.75) is 26.2 Å². The van der Waals surface area contributed by atoms with Crippen molar-refractivity contribution in [3.05, 3.63) is 65.0 Å². The van der Waals surface area contributed by atoms with Crippen molar-refractivity contribution in [3.8, 4) is 34.4 Å². The SMILES string of the molecule is COc1c(C(N)=O)cc(C(C)(C)C)c(-c2c(C(=O)O)n(C)c3c(Oc4ccnc(N5CCN(C)CC5)c4)cccc23)c1C#N. The summed E-state index contributed by atoms with van der Waals surface area (Å²) in [5, 5.41) is 21.5. The van der Waals surface area contributed by atoms with Gasteiger partial charge >= 0.3 is 5.97 Å². The van der Waals surface area contributed by atoms with Crippen LogP contribution in [-0.2, 0) is 12.5 Å². The minimum atomic E-state index is -1.19. The minimum absolute atomic E-state index is 0.00281. The number of hydrogen-bond donors (Lipinski definition) is 2. The van der Waals surface area contributed by atoms with E-state index in [1.165, 1.54) is 7.11 Å². The molecule has 0 radical (unpaired) electrons. The largest absolute Gasteiger partial charge is 0.495 e. The molecule has 2 aromatic heterocycles. The molecule has 11 heteroatoms. The lowest BCUT2D eigenvalue weighted by atomic mass is 9.78. The summed E-state index contributed by atoms with van der Waals surface area (Å²) in [5.41, 5.74) is 6.91. The Morgan fingerprint density at radius 1 is 1.07 bits per heavy atom. The maximum atomic E-state index is 12.9. The first-order valence-electron chi connectivity index (χ1n) is 14.2. The zero-order valence-electron chi connectivity index (χ0n) is 25.8. The Kier molecular flexibility index (Phi) is 7.97. The zero-order chi connectivity index (χ0) is 31.9. The van der Waals surface area contributed by atoms with Crippen LogP contribution in [0.15, 0.2) is 42.6 Å². The second-order valence-corrected chi connectivity index (χ2v) is 12.0. The van der Waals surface area contributed by atoms with Crippen LogP contribution in [0.4, 0.5) is 5.82 Å². The van der Waals surface area contributed by atoms with E-state index in [-0.39, 0.29) is 22.6 Å². The number of aromatic carboxylic acids is 1. The Bertz CT molecular complexity index is 1820. The Hall–Kier alpha value is -5.08. The molecule has 3 N–H and O–H groups in total. The van der Waals surface area contributed by atoms with Gasteiger partial charge in [0.1, 0.15) is 34.6 Å². The fourth-order valence-corrected chi connectivity index (χ4v) is 5.88. The average molecular weight is 597 g/mol. The third-order valence-corrected chi connectivity index (χ3v) is 8.07. The number of pyridine rings is 1. The molecule has 4 aromatic rings. The molecule has 44 heavy (non-hydrogen) atoms. The number of nitriles is 1. The number of carboxylic acid groups (broad SMARTS) is 1. The number of rotatable bonds is 7. The van der Waals surface area contributed by atoms with Crippen molar-refractivity contribution in [1.29, 1.82) is 5.26 Å². The third kappa shape index (κ3) is 5.29. The van der Waals surface area contributed by atoms with Crippen molar-refractivity contribution < 1.29 is 24.2 Å². The second-order valence-electron chi connectivity index (χ2n) is 12.0. The molecule has 2 aromatic carbocycles. The van der Waals surface area contributed by atoms with E-state index in [4.69, 9.17) is 15.2 Å². The number of hydrogen-bond acceptors (Lipinski definition) is 8. The van der Waals surface area contributed by atoms with Crippen LogP contribution in [0, 0.1) is 11.3 Å². The molecule has 0 saturated carbocycles. The molecule has 3 heterocycles. The van der Waals surface area contributed by atoms with Crippen LogP contribution in [0.5, 0.6) is 17.2 Å². The fourth-order valence-electron chi connectivity index (χ4n) is 5.88. The molecule has 1 aliphatic heterocycles. The summed E-state index contributed by atoms with van der Waals surface area (Å²) in [6.07, 6.45) is 1.70. The number of nitrogens with zero attached hydrogens (tertiary/aromatic N) is 5. The smallest absolute Gasteiger partial charge is 0.353 e. The number of aryl methyl sites for hydroxylation is 1. The molecular formula is C33H36N6O5. The van der Waals surface area contributed by atoms with Gasteiger partial charge in [0.15, 0.2) is 5.75 Å². The van der Waals surface area contributed by atoms with Gasteiger partial charge in [-0.05, 0) is 36.2 Å². The lowest BCUT2D eigenvalue weighted by Gasteiger charge is -2.33. The number of anilines is 1. The number of ether oxygens (including phenoxy) is 2. The van der Waals surface area contributed by atoms with Gasteiger partial charge in [-0.1, -0.05) is 32.9 Å². The van der Waals surface area contributed by atoms with Crippen LogP contribution in [0.3, 0.4) is 0 Å². The molecule has 0 aliphatic carbocycles. The Morgan fingerprint density at radius 2 is 1.77 bits per heavy atom. The highest BCUT2D eigenvalue weighted by molar-refractivity contribution is 6.12. The standard InChI is InChI=1S/C33H36N6O5/c1-33(2,3)23-17-21(31(35)40)30(43-6)22(18-34)26(23)27-20-8-7-9-24(28(20)38(5)29(27)32(41)42)44-19-10-11-36-25(16-19)39-14-12-37(4)13-15-39/h7-11,16-17H,12-15H2,1-6H3,(H2,35,40)(H,41,42). The van der Waals surface area contributed by atoms with Gasteiger partial charge in [-0.3, -0.25) is 4.79 Å². The number of carbonyl (C=O) groups excluding carboxylic acids is 1. The molecule has 0 spiro atoms. The molecule has 0 unspecified atom stereocenters. The van der Waals surface area contributed by atoms with Crippen molar-refractivity contribution in [2.75, 3.05) is 45.2 Å². The molecule has 1 saturated heterocycles. The summed E-state index contributed by atoms with van der Waals surface area (Å²) in [5.74, 6) is -0.149. The summed E-state index contributed by atoms with van der Waals surface area (Å²) in [4.78, 5) is 34.4. The number of carbonyl (C=O) groups is 2. The van der Waals surface area contributed by atoms with Crippen molar-refractivity contribution in [2.24, 2.45) is 12.8 Å². The fraction of sp³-hybridized carbons (Fsp3) is 0.333. The number of fused-ring (bicyclic) bond motifs is 1. The number of aromatic nitrogens is 2. The summed E-state index contributed by atoms with van der Waals surface area (Å²) in [7, 11) is 5.10. The van der Waals surface area contributed by atoms with Crippen LogP contribution < -0.4 is 20.1 Å². The topological polar surface area (TPSA) is 147 Å².